The summed E-state index contributed by atoms with van der Waals surface area (Å²) in [5, 5.41) is 9.16. The molecule has 27 heavy (non-hydrogen) atoms. The second-order valence-electron chi connectivity index (χ2n) is 7.00. The van der Waals surface area contributed by atoms with Crippen LogP contribution in [-0.4, -0.2) is 27.6 Å². The van der Waals surface area contributed by atoms with Gasteiger partial charge < -0.3 is 4.74 Å². The first-order valence-corrected chi connectivity index (χ1v) is 10.0. The lowest BCUT2D eigenvalue weighted by molar-refractivity contribution is 0.0526. The Morgan fingerprint density at radius 3 is 2.85 bits per heavy atom. The fraction of sp³-hybridized carbons (Fsp3) is 0.400. The zero-order valence-corrected chi connectivity index (χ0v) is 16.2. The third kappa shape index (κ3) is 3.39. The second-order valence-corrected chi connectivity index (χ2v) is 8.09. The van der Waals surface area contributed by atoms with Gasteiger partial charge in [0.05, 0.1) is 24.1 Å². The number of carbonyl (C=O) groups is 1. The number of nitrogens with zero attached hydrogens (tertiary/aromatic N) is 3. The molecule has 0 fully saturated rings. The Morgan fingerprint density at radius 1 is 1.33 bits per heavy atom. The predicted molar refractivity (Wildman–Crippen MR) is 104 cm³/mol. The van der Waals surface area contributed by atoms with E-state index in [9.17, 15) is 9.59 Å². The van der Waals surface area contributed by atoms with Gasteiger partial charge in [-0.05, 0) is 55.4 Å². The van der Waals surface area contributed by atoms with E-state index in [4.69, 9.17) is 4.74 Å². The number of fused-ring (bicyclic) bond motifs is 3. The van der Waals surface area contributed by atoms with Crippen molar-refractivity contribution in [3.63, 3.8) is 0 Å². The van der Waals surface area contributed by atoms with Crippen LogP contribution < -0.4 is 5.56 Å². The topological polar surface area (TPSA) is 74.1 Å². The first-order valence-electron chi connectivity index (χ1n) is 9.21. The molecule has 140 valence electrons. The molecule has 0 N–H and O–H groups in total. The lowest BCUT2D eigenvalue weighted by Crippen LogP contribution is -2.25. The van der Waals surface area contributed by atoms with Crippen LogP contribution in [-0.2, 0) is 24.1 Å². The molecule has 2 aromatic heterocycles. The van der Waals surface area contributed by atoms with Gasteiger partial charge in [0, 0.05) is 4.88 Å². The van der Waals surface area contributed by atoms with Crippen LogP contribution in [0, 0.1) is 5.92 Å². The van der Waals surface area contributed by atoms with E-state index >= 15 is 0 Å². The van der Waals surface area contributed by atoms with Crippen molar-refractivity contribution >= 4 is 27.5 Å². The summed E-state index contributed by atoms with van der Waals surface area (Å²) in [6.07, 6.45) is 3.06. The number of thiophene rings is 1. The molecule has 0 unspecified atom stereocenters. The fourth-order valence-corrected chi connectivity index (χ4v) is 4.85. The molecule has 4 rings (SSSR count). The van der Waals surface area contributed by atoms with Gasteiger partial charge in [0.25, 0.3) is 5.56 Å². The van der Waals surface area contributed by atoms with E-state index in [0.29, 0.717) is 24.6 Å². The highest BCUT2D eigenvalue weighted by Gasteiger charge is 2.23. The molecule has 6 nitrogen and oxygen atoms in total. The third-order valence-electron chi connectivity index (χ3n) is 4.98. The van der Waals surface area contributed by atoms with Crippen molar-refractivity contribution in [2.75, 3.05) is 6.61 Å². The van der Waals surface area contributed by atoms with Gasteiger partial charge in [-0.2, -0.15) is 0 Å². The second kappa shape index (κ2) is 7.23. The van der Waals surface area contributed by atoms with Crippen LogP contribution >= 0.6 is 11.3 Å². The van der Waals surface area contributed by atoms with Crippen LogP contribution in [0.15, 0.2) is 29.1 Å². The molecule has 1 aromatic carbocycles. The van der Waals surface area contributed by atoms with Gasteiger partial charge in [-0.25, -0.2) is 9.48 Å². The molecule has 0 aliphatic heterocycles. The number of hydrogen-bond donors (Lipinski definition) is 0. The fourth-order valence-electron chi connectivity index (χ4n) is 3.53. The van der Waals surface area contributed by atoms with Gasteiger partial charge in [0.2, 0.25) is 0 Å². The van der Waals surface area contributed by atoms with Crippen molar-refractivity contribution in [2.45, 2.75) is 39.7 Å². The van der Waals surface area contributed by atoms with Crippen LogP contribution in [0.5, 0.6) is 0 Å². The number of esters is 1. The first kappa shape index (κ1) is 17.9. The molecule has 0 amide bonds. The lowest BCUT2D eigenvalue weighted by atomic mass is 9.89. The van der Waals surface area contributed by atoms with E-state index in [0.717, 1.165) is 35.0 Å². The van der Waals surface area contributed by atoms with E-state index in [1.807, 2.05) is 12.1 Å². The maximum Gasteiger partial charge on any atom is 0.338 e. The highest BCUT2D eigenvalue weighted by molar-refractivity contribution is 7.18. The number of benzene rings is 1. The average molecular weight is 383 g/mol. The molecule has 1 aliphatic rings. The molecule has 3 aromatic rings. The maximum absolute atomic E-state index is 13.0. The van der Waals surface area contributed by atoms with E-state index in [1.54, 1.807) is 30.4 Å². The zero-order valence-electron chi connectivity index (χ0n) is 15.4. The monoisotopic (exact) mass is 383 g/mol. The third-order valence-corrected chi connectivity index (χ3v) is 6.12. The molecule has 1 aliphatic carbocycles. The van der Waals surface area contributed by atoms with Gasteiger partial charge in [0.1, 0.15) is 0 Å². The average Bonchev–Trinajstić information content (AvgIpc) is 3.03. The number of hydrogen-bond acceptors (Lipinski definition) is 6. The van der Waals surface area contributed by atoms with Gasteiger partial charge in [-0.1, -0.05) is 24.3 Å². The van der Waals surface area contributed by atoms with E-state index in [1.165, 1.54) is 15.1 Å². The largest absolute Gasteiger partial charge is 0.462 e. The Bertz CT molecular complexity index is 1050. The normalized spacial score (nSPS) is 16.3. The Hall–Kier alpha value is -2.54. The maximum atomic E-state index is 13.0. The van der Waals surface area contributed by atoms with Crippen molar-refractivity contribution in [1.29, 1.82) is 0 Å². The summed E-state index contributed by atoms with van der Waals surface area (Å²) >= 11 is 1.60. The SMILES string of the molecule is CCOC(=O)c1ccc(Cn2nnc3sc4c(c3c2=O)CC[C@H](C)C4)cc1. The van der Waals surface area contributed by atoms with E-state index in [-0.39, 0.29) is 11.5 Å². The van der Waals surface area contributed by atoms with Gasteiger partial charge in [-0.15, -0.1) is 16.4 Å². The van der Waals surface area contributed by atoms with Crippen LogP contribution in [0.4, 0.5) is 0 Å². The summed E-state index contributed by atoms with van der Waals surface area (Å²) in [6.45, 7) is 4.69. The van der Waals surface area contributed by atoms with Crippen molar-refractivity contribution < 1.29 is 9.53 Å². The molecule has 2 heterocycles. The quantitative estimate of drug-likeness (QED) is 0.647. The number of carbonyl (C=O) groups excluding carboxylic acids is 1. The highest BCUT2D eigenvalue weighted by Crippen LogP contribution is 2.35. The molecular weight excluding hydrogens is 362 g/mol. The molecule has 0 bridgehead atoms. The zero-order chi connectivity index (χ0) is 19.0. The molecule has 0 radical (unpaired) electrons. The number of ether oxygens (including phenoxy) is 1. The smallest absolute Gasteiger partial charge is 0.338 e. The van der Waals surface area contributed by atoms with Crippen molar-refractivity contribution in [1.82, 2.24) is 15.0 Å². The predicted octanol–water partition coefficient (Wildman–Crippen LogP) is 3.20. The summed E-state index contributed by atoms with van der Waals surface area (Å²) in [5.41, 5.74) is 2.47. The van der Waals surface area contributed by atoms with Crippen molar-refractivity contribution in [3.8, 4) is 0 Å². The standard InChI is InChI=1S/C20H21N3O3S/c1-3-26-20(25)14-7-5-13(6-8-14)11-23-19(24)17-15-9-4-12(2)10-16(15)27-18(17)21-22-23/h5-8,12H,3-4,9-11H2,1-2H3/t12-/m0/s1. The number of aromatic nitrogens is 3. The van der Waals surface area contributed by atoms with E-state index < -0.39 is 0 Å². The van der Waals surface area contributed by atoms with Gasteiger partial charge in [0.15, 0.2) is 4.83 Å². The Kier molecular flexibility index (Phi) is 4.78. The van der Waals surface area contributed by atoms with Crippen LogP contribution in [0.25, 0.3) is 10.2 Å². The number of rotatable bonds is 4. The molecule has 0 saturated carbocycles. The minimum atomic E-state index is -0.346. The minimum absolute atomic E-state index is 0.0819. The van der Waals surface area contributed by atoms with Crippen LogP contribution in [0.3, 0.4) is 0 Å². The highest BCUT2D eigenvalue weighted by atomic mass is 32.1. The van der Waals surface area contributed by atoms with Gasteiger partial charge >= 0.3 is 5.97 Å². The summed E-state index contributed by atoms with van der Waals surface area (Å²) in [4.78, 5) is 26.8. The molecular formula is C20H21N3O3S. The Labute approximate surface area is 160 Å². The van der Waals surface area contributed by atoms with Crippen molar-refractivity contribution in [2.24, 2.45) is 5.92 Å². The summed E-state index contributed by atoms with van der Waals surface area (Å²) < 4.78 is 6.40. The van der Waals surface area contributed by atoms with Gasteiger partial charge in [-0.3, -0.25) is 4.79 Å². The molecule has 0 saturated heterocycles. The Morgan fingerprint density at radius 2 is 2.11 bits per heavy atom. The minimum Gasteiger partial charge on any atom is -0.462 e. The molecule has 7 heteroatoms. The summed E-state index contributed by atoms with van der Waals surface area (Å²) in [5.74, 6) is 0.306. The molecule has 1 atom stereocenters. The lowest BCUT2D eigenvalue weighted by Gasteiger charge is -2.17. The summed E-state index contributed by atoms with van der Waals surface area (Å²) in [6, 6.07) is 7.04. The number of aryl methyl sites for hydroxylation is 1. The summed E-state index contributed by atoms with van der Waals surface area (Å²) in [7, 11) is 0. The van der Waals surface area contributed by atoms with Crippen LogP contribution in [0.2, 0.25) is 0 Å². The Balaban J connectivity index is 1.64. The van der Waals surface area contributed by atoms with Crippen molar-refractivity contribution in [3.05, 3.63) is 56.2 Å². The van der Waals surface area contributed by atoms with Crippen LogP contribution in [0.1, 0.15) is 46.6 Å². The first-order chi connectivity index (χ1) is 13.1. The molecule has 0 spiro atoms. The van der Waals surface area contributed by atoms with E-state index in [2.05, 4.69) is 17.2 Å².